The first kappa shape index (κ1) is 26.0. The Labute approximate surface area is 212 Å². The second kappa shape index (κ2) is 13.3. The van der Waals surface area contributed by atoms with Crippen LogP contribution in [-0.4, -0.2) is 37.1 Å². The summed E-state index contributed by atoms with van der Waals surface area (Å²) >= 11 is 5.83. The minimum Gasteiger partial charge on any atom is -0.490 e. The molecule has 0 fully saturated rings. The van der Waals surface area contributed by atoms with Crippen molar-refractivity contribution in [3.05, 3.63) is 96.0 Å². The Kier molecular flexibility index (Phi) is 9.60. The Balaban J connectivity index is 1.45. The number of hydrazone groups is 1. The van der Waals surface area contributed by atoms with E-state index in [4.69, 9.17) is 21.1 Å². The lowest BCUT2D eigenvalue weighted by molar-refractivity contribution is -0.136. The van der Waals surface area contributed by atoms with Crippen molar-refractivity contribution in [3.8, 4) is 11.5 Å². The fourth-order valence-corrected chi connectivity index (χ4v) is 2.88. The van der Waals surface area contributed by atoms with E-state index in [1.807, 2.05) is 0 Å². The van der Waals surface area contributed by atoms with Gasteiger partial charge in [0.25, 0.3) is 5.91 Å². The molecule has 184 valence electrons. The van der Waals surface area contributed by atoms with Gasteiger partial charge in [0.05, 0.1) is 6.21 Å². The van der Waals surface area contributed by atoms with Gasteiger partial charge < -0.3 is 20.1 Å². The van der Waals surface area contributed by atoms with Crippen LogP contribution in [0, 0.1) is 0 Å². The predicted octanol–water partition coefficient (Wildman–Crippen LogP) is 4.01. The van der Waals surface area contributed by atoms with Gasteiger partial charge in [-0.25, -0.2) is 5.43 Å². The van der Waals surface area contributed by atoms with Gasteiger partial charge in [0, 0.05) is 16.4 Å². The molecule has 0 aliphatic heterocycles. The average Bonchev–Trinajstić information content (AvgIpc) is 2.88. The summed E-state index contributed by atoms with van der Waals surface area (Å²) in [5.41, 5.74) is 3.77. The van der Waals surface area contributed by atoms with Crippen LogP contribution in [-0.2, 0) is 14.4 Å². The minimum absolute atomic E-state index is 0.207. The van der Waals surface area contributed by atoms with Crippen molar-refractivity contribution in [1.82, 2.24) is 5.43 Å². The van der Waals surface area contributed by atoms with Gasteiger partial charge in [-0.05, 0) is 66.2 Å². The van der Waals surface area contributed by atoms with Gasteiger partial charge in [-0.3, -0.25) is 14.4 Å². The Morgan fingerprint density at radius 1 is 0.861 bits per heavy atom. The topological polar surface area (TPSA) is 118 Å². The Morgan fingerprint density at radius 3 is 2.28 bits per heavy atom. The third-order valence-electron chi connectivity index (χ3n) is 4.42. The highest BCUT2D eigenvalue weighted by Gasteiger charge is 2.13. The Morgan fingerprint density at radius 2 is 1.56 bits per heavy atom. The second-order valence-corrected chi connectivity index (χ2v) is 7.63. The minimum atomic E-state index is -0.940. The first-order valence-corrected chi connectivity index (χ1v) is 11.1. The molecule has 0 aromatic heterocycles. The second-order valence-electron chi connectivity index (χ2n) is 7.19. The fraction of sp³-hybridized carbons (Fsp3) is 0.0769. The third kappa shape index (κ3) is 8.62. The zero-order valence-corrected chi connectivity index (χ0v) is 19.8. The molecule has 3 rings (SSSR count). The van der Waals surface area contributed by atoms with Crippen molar-refractivity contribution in [1.29, 1.82) is 0 Å². The standard InChI is InChI=1S/C26H23ClN4O5/c1-2-14-35-22-12-10-21(11-13-22)30-25(33)26(34)31-28-16-18-4-3-5-23(15-18)36-17-24(32)29-20-8-6-19(27)7-9-20/h2-13,15-16H,1,14,17H2,(H,29,32)(H,30,33)(H,31,34)/b28-16-. The number of rotatable bonds is 10. The lowest BCUT2D eigenvalue weighted by Crippen LogP contribution is -2.32. The summed E-state index contributed by atoms with van der Waals surface area (Å²) in [6, 6.07) is 19.9. The number of carbonyl (C=O) groups is 3. The van der Waals surface area contributed by atoms with E-state index in [0.717, 1.165) is 0 Å². The maximum Gasteiger partial charge on any atom is 0.329 e. The van der Waals surface area contributed by atoms with Gasteiger partial charge in [0.15, 0.2) is 6.61 Å². The highest BCUT2D eigenvalue weighted by Crippen LogP contribution is 2.16. The Bertz CT molecular complexity index is 1240. The number of hydrogen-bond donors (Lipinski definition) is 3. The molecule has 0 unspecified atom stereocenters. The monoisotopic (exact) mass is 506 g/mol. The largest absolute Gasteiger partial charge is 0.490 e. The van der Waals surface area contributed by atoms with Gasteiger partial charge in [0.2, 0.25) is 0 Å². The molecular formula is C26H23ClN4O5. The Hall–Kier alpha value is -4.63. The number of ether oxygens (including phenoxy) is 2. The van der Waals surface area contributed by atoms with Crippen molar-refractivity contribution < 1.29 is 23.9 Å². The molecular weight excluding hydrogens is 484 g/mol. The van der Waals surface area contributed by atoms with Crippen LogP contribution in [0.2, 0.25) is 5.02 Å². The van der Waals surface area contributed by atoms with E-state index in [2.05, 4.69) is 27.7 Å². The number of halogens is 1. The molecule has 36 heavy (non-hydrogen) atoms. The predicted molar refractivity (Wildman–Crippen MR) is 139 cm³/mol. The van der Waals surface area contributed by atoms with Crippen LogP contribution >= 0.6 is 11.6 Å². The molecule has 3 aromatic carbocycles. The van der Waals surface area contributed by atoms with Crippen LogP contribution < -0.4 is 25.5 Å². The van der Waals surface area contributed by atoms with E-state index in [-0.39, 0.29) is 12.5 Å². The molecule has 3 aromatic rings. The summed E-state index contributed by atoms with van der Waals surface area (Å²) in [6.07, 6.45) is 2.96. The van der Waals surface area contributed by atoms with Gasteiger partial charge in [-0.2, -0.15) is 5.10 Å². The molecule has 3 amide bonds. The zero-order chi connectivity index (χ0) is 25.8. The molecule has 0 aliphatic carbocycles. The third-order valence-corrected chi connectivity index (χ3v) is 4.67. The van der Waals surface area contributed by atoms with Crippen LogP contribution in [0.25, 0.3) is 0 Å². The lowest BCUT2D eigenvalue weighted by atomic mass is 10.2. The molecule has 0 bridgehead atoms. The van der Waals surface area contributed by atoms with Crippen molar-refractivity contribution in [2.45, 2.75) is 0 Å². The maximum absolute atomic E-state index is 12.1. The summed E-state index contributed by atoms with van der Waals surface area (Å²) in [6.45, 7) is 3.72. The van der Waals surface area contributed by atoms with Gasteiger partial charge in [0.1, 0.15) is 18.1 Å². The molecule has 0 atom stereocenters. The van der Waals surface area contributed by atoms with Crippen molar-refractivity contribution in [2.24, 2.45) is 5.10 Å². The van der Waals surface area contributed by atoms with Crippen LogP contribution in [0.3, 0.4) is 0 Å². The van der Waals surface area contributed by atoms with E-state index in [1.165, 1.54) is 6.21 Å². The van der Waals surface area contributed by atoms with Crippen LogP contribution in [0.15, 0.2) is 90.6 Å². The van der Waals surface area contributed by atoms with Crippen molar-refractivity contribution >= 4 is 46.9 Å². The first-order valence-electron chi connectivity index (χ1n) is 10.7. The van der Waals surface area contributed by atoms with Crippen molar-refractivity contribution in [3.63, 3.8) is 0 Å². The van der Waals surface area contributed by atoms with Crippen LogP contribution in [0.4, 0.5) is 11.4 Å². The normalized spacial score (nSPS) is 10.4. The number of nitrogens with one attached hydrogen (secondary N) is 3. The molecule has 0 saturated heterocycles. The molecule has 0 saturated carbocycles. The molecule has 0 heterocycles. The quantitative estimate of drug-likeness (QED) is 0.166. The van der Waals surface area contributed by atoms with Gasteiger partial charge in [-0.1, -0.05) is 36.4 Å². The number of carbonyl (C=O) groups excluding carboxylic acids is 3. The summed E-state index contributed by atoms with van der Waals surface area (Å²) in [7, 11) is 0. The number of hydrogen-bond acceptors (Lipinski definition) is 6. The number of anilines is 2. The SMILES string of the molecule is C=CCOc1ccc(NC(=O)C(=O)N/N=C\c2cccc(OCC(=O)Nc3ccc(Cl)cc3)c2)cc1. The van der Waals surface area contributed by atoms with Crippen molar-refractivity contribution in [2.75, 3.05) is 23.8 Å². The molecule has 3 N–H and O–H groups in total. The van der Waals surface area contributed by atoms with Gasteiger partial charge in [-0.15, -0.1) is 0 Å². The average molecular weight is 507 g/mol. The lowest BCUT2D eigenvalue weighted by Gasteiger charge is -2.08. The van der Waals surface area contributed by atoms with E-state index in [9.17, 15) is 14.4 Å². The summed E-state index contributed by atoms with van der Waals surface area (Å²) < 4.78 is 10.9. The summed E-state index contributed by atoms with van der Waals surface area (Å²) in [5.74, 6) is -1.13. The summed E-state index contributed by atoms with van der Waals surface area (Å²) in [4.78, 5) is 36.1. The number of amides is 3. The van der Waals surface area contributed by atoms with Gasteiger partial charge >= 0.3 is 11.8 Å². The molecule has 0 spiro atoms. The van der Waals surface area contributed by atoms with Crippen LogP contribution in [0.5, 0.6) is 11.5 Å². The highest BCUT2D eigenvalue weighted by atomic mass is 35.5. The zero-order valence-electron chi connectivity index (χ0n) is 19.1. The first-order chi connectivity index (χ1) is 17.4. The van der Waals surface area contributed by atoms with E-state index in [0.29, 0.717) is 40.1 Å². The maximum atomic E-state index is 12.1. The van der Waals surface area contributed by atoms with E-state index < -0.39 is 11.8 Å². The smallest absolute Gasteiger partial charge is 0.329 e. The molecule has 10 heteroatoms. The molecule has 0 radical (unpaired) electrons. The molecule has 0 aliphatic rings. The number of nitrogens with zero attached hydrogens (tertiary/aromatic N) is 1. The molecule has 9 nitrogen and oxygen atoms in total. The van der Waals surface area contributed by atoms with E-state index >= 15 is 0 Å². The highest BCUT2D eigenvalue weighted by molar-refractivity contribution is 6.39. The fourth-order valence-electron chi connectivity index (χ4n) is 2.76. The van der Waals surface area contributed by atoms with Crippen LogP contribution in [0.1, 0.15) is 5.56 Å². The summed E-state index contributed by atoms with van der Waals surface area (Å²) in [5, 5.41) is 9.52. The number of benzene rings is 3. The van der Waals surface area contributed by atoms with E-state index in [1.54, 1.807) is 78.9 Å².